The van der Waals surface area contributed by atoms with Crippen LogP contribution < -0.4 is 5.56 Å². The maximum absolute atomic E-state index is 12.6. The van der Waals surface area contributed by atoms with E-state index in [1.807, 2.05) is 6.92 Å². The predicted molar refractivity (Wildman–Crippen MR) is 91.4 cm³/mol. The molecule has 4 heteroatoms. The fourth-order valence-corrected chi connectivity index (χ4v) is 3.53. The molecule has 1 saturated carbocycles. The number of pyridine rings is 1. The summed E-state index contributed by atoms with van der Waals surface area (Å²) >= 11 is 0. The number of hydrogen-bond acceptors (Lipinski definition) is 3. The Kier molecular flexibility index (Phi) is 5.66. The highest BCUT2D eigenvalue weighted by Gasteiger charge is 2.34. The van der Waals surface area contributed by atoms with Crippen LogP contribution in [0.5, 0.6) is 0 Å². The fourth-order valence-electron chi connectivity index (χ4n) is 3.53. The average Bonchev–Trinajstić information content (AvgIpc) is 2.48. The second-order valence-corrected chi connectivity index (χ2v) is 7.43. The van der Waals surface area contributed by atoms with Crippen molar-refractivity contribution in [2.75, 3.05) is 0 Å². The van der Waals surface area contributed by atoms with Gasteiger partial charge in [0.05, 0.1) is 0 Å². The molecule has 4 unspecified atom stereocenters. The van der Waals surface area contributed by atoms with Crippen LogP contribution in [0.4, 0.5) is 0 Å². The van der Waals surface area contributed by atoms with E-state index >= 15 is 0 Å². The SMILES string of the molecule is Cc1ccc(=O)n(C(C)C(=O)OC2CC(C)CCC2C(C)C)c1. The molecule has 0 radical (unpaired) electrons. The van der Waals surface area contributed by atoms with Crippen molar-refractivity contribution in [2.24, 2.45) is 17.8 Å². The molecule has 1 aliphatic rings. The monoisotopic (exact) mass is 319 g/mol. The summed E-state index contributed by atoms with van der Waals surface area (Å²) in [5.74, 6) is 1.19. The van der Waals surface area contributed by atoms with Crippen molar-refractivity contribution >= 4 is 5.97 Å². The van der Waals surface area contributed by atoms with Crippen molar-refractivity contribution in [3.8, 4) is 0 Å². The highest BCUT2D eigenvalue weighted by molar-refractivity contribution is 5.74. The van der Waals surface area contributed by atoms with E-state index in [0.717, 1.165) is 18.4 Å². The van der Waals surface area contributed by atoms with Crippen molar-refractivity contribution in [1.82, 2.24) is 4.57 Å². The van der Waals surface area contributed by atoms with E-state index in [1.165, 1.54) is 17.1 Å². The summed E-state index contributed by atoms with van der Waals surface area (Å²) in [6, 6.07) is 2.67. The molecule has 0 saturated heterocycles. The third kappa shape index (κ3) is 4.24. The lowest BCUT2D eigenvalue weighted by Gasteiger charge is -2.37. The summed E-state index contributed by atoms with van der Waals surface area (Å²) in [6.07, 6.45) is 4.91. The number of hydrogen-bond donors (Lipinski definition) is 0. The van der Waals surface area contributed by atoms with E-state index in [-0.39, 0.29) is 17.6 Å². The van der Waals surface area contributed by atoms with Crippen LogP contribution >= 0.6 is 0 Å². The molecule has 0 aliphatic heterocycles. The second kappa shape index (κ2) is 7.33. The van der Waals surface area contributed by atoms with Crippen LogP contribution in [0.3, 0.4) is 0 Å². The molecular formula is C19H29NO3. The first-order valence-corrected chi connectivity index (χ1v) is 8.69. The number of aromatic nitrogens is 1. The van der Waals surface area contributed by atoms with Gasteiger partial charge < -0.3 is 9.30 Å². The van der Waals surface area contributed by atoms with Gasteiger partial charge in [-0.15, -0.1) is 0 Å². The first-order chi connectivity index (χ1) is 10.8. The summed E-state index contributed by atoms with van der Waals surface area (Å²) in [6.45, 7) is 10.2. The third-order valence-corrected chi connectivity index (χ3v) is 5.07. The van der Waals surface area contributed by atoms with Crippen molar-refractivity contribution in [3.05, 3.63) is 34.2 Å². The summed E-state index contributed by atoms with van der Waals surface area (Å²) < 4.78 is 7.31. The lowest BCUT2D eigenvalue weighted by molar-refractivity contribution is -0.159. The van der Waals surface area contributed by atoms with Crippen molar-refractivity contribution < 1.29 is 9.53 Å². The van der Waals surface area contributed by atoms with Gasteiger partial charge in [0.25, 0.3) is 5.56 Å². The van der Waals surface area contributed by atoms with Crippen LogP contribution in [0.2, 0.25) is 0 Å². The number of esters is 1. The number of aryl methyl sites for hydroxylation is 1. The Morgan fingerprint density at radius 2 is 1.96 bits per heavy atom. The number of ether oxygens (including phenoxy) is 1. The Morgan fingerprint density at radius 3 is 2.61 bits per heavy atom. The first kappa shape index (κ1) is 17.8. The van der Waals surface area contributed by atoms with Gasteiger partial charge in [-0.3, -0.25) is 4.79 Å². The Morgan fingerprint density at radius 1 is 1.26 bits per heavy atom. The molecule has 0 amide bonds. The smallest absolute Gasteiger partial charge is 0.329 e. The van der Waals surface area contributed by atoms with Gasteiger partial charge in [0.15, 0.2) is 0 Å². The van der Waals surface area contributed by atoms with Crippen LogP contribution in [-0.4, -0.2) is 16.6 Å². The third-order valence-electron chi connectivity index (χ3n) is 5.07. The fraction of sp³-hybridized carbons (Fsp3) is 0.684. The molecule has 1 fully saturated rings. The Labute approximate surface area is 138 Å². The highest BCUT2D eigenvalue weighted by atomic mass is 16.5. The number of carbonyl (C=O) groups excluding carboxylic acids is 1. The molecule has 0 aromatic carbocycles. The van der Waals surface area contributed by atoms with Gasteiger partial charge in [0.1, 0.15) is 12.1 Å². The van der Waals surface area contributed by atoms with Gasteiger partial charge in [-0.05, 0) is 50.0 Å². The van der Waals surface area contributed by atoms with Crippen molar-refractivity contribution in [1.29, 1.82) is 0 Å². The summed E-state index contributed by atoms with van der Waals surface area (Å²) in [7, 11) is 0. The van der Waals surface area contributed by atoms with E-state index in [1.54, 1.807) is 19.2 Å². The Bertz CT molecular complexity index is 605. The maximum atomic E-state index is 12.6. The molecule has 1 aliphatic carbocycles. The summed E-state index contributed by atoms with van der Waals surface area (Å²) in [5, 5.41) is 0. The highest BCUT2D eigenvalue weighted by Crippen LogP contribution is 2.35. The van der Waals surface area contributed by atoms with Gasteiger partial charge in [0.2, 0.25) is 0 Å². The van der Waals surface area contributed by atoms with Crippen molar-refractivity contribution in [2.45, 2.75) is 66.0 Å². The molecule has 4 atom stereocenters. The second-order valence-electron chi connectivity index (χ2n) is 7.43. The Hall–Kier alpha value is -1.58. The van der Waals surface area contributed by atoms with E-state index < -0.39 is 6.04 Å². The molecule has 23 heavy (non-hydrogen) atoms. The lowest BCUT2D eigenvalue weighted by atomic mass is 9.75. The normalized spacial score (nSPS) is 26.1. The van der Waals surface area contributed by atoms with E-state index in [9.17, 15) is 9.59 Å². The van der Waals surface area contributed by atoms with E-state index in [0.29, 0.717) is 17.8 Å². The van der Waals surface area contributed by atoms with Gasteiger partial charge in [0, 0.05) is 12.3 Å². The molecule has 0 N–H and O–H groups in total. The minimum absolute atomic E-state index is 0.0331. The van der Waals surface area contributed by atoms with Gasteiger partial charge in [-0.2, -0.15) is 0 Å². The minimum Gasteiger partial charge on any atom is -0.461 e. The molecule has 0 bridgehead atoms. The standard InChI is InChI=1S/C19H29NO3/c1-12(2)16-8-6-13(3)10-17(16)23-19(22)15(5)20-11-14(4)7-9-18(20)21/h7,9,11-13,15-17H,6,8,10H2,1-5H3. The zero-order valence-corrected chi connectivity index (χ0v) is 14.9. The molecule has 128 valence electrons. The van der Waals surface area contributed by atoms with Gasteiger partial charge in [-0.1, -0.05) is 33.3 Å². The minimum atomic E-state index is -0.590. The lowest BCUT2D eigenvalue weighted by Crippen LogP contribution is -2.38. The predicted octanol–water partition coefficient (Wildman–Crippen LogP) is 3.72. The number of rotatable bonds is 4. The first-order valence-electron chi connectivity index (χ1n) is 8.69. The van der Waals surface area contributed by atoms with E-state index in [2.05, 4.69) is 20.8 Å². The molecule has 4 nitrogen and oxygen atoms in total. The van der Waals surface area contributed by atoms with Gasteiger partial charge >= 0.3 is 5.97 Å². The van der Waals surface area contributed by atoms with Crippen molar-refractivity contribution in [3.63, 3.8) is 0 Å². The molecular weight excluding hydrogens is 290 g/mol. The molecule has 1 heterocycles. The number of carbonyl (C=O) groups is 1. The summed E-state index contributed by atoms with van der Waals surface area (Å²) in [5.41, 5.74) is 0.785. The summed E-state index contributed by atoms with van der Waals surface area (Å²) in [4.78, 5) is 24.6. The molecule has 1 aromatic heterocycles. The zero-order chi connectivity index (χ0) is 17.1. The largest absolute Gasteiger partial charge is 0.461 e. The van der Waals surface area contributed by atoms with Crippen LogP contribution in [0.15, 0.2) is 23.1 Å². The molecule has 0 spiro atoms. The topological polar surface area (TPSA) is 48.3 Å². The quantitative estimate of drug-likeness (QED) is 0.795. The van der Waals surface area contributed by atoms with Crippen LogP contribution in [0, 0.1) is 24.7 Å². The molecule has 1 aromatic rings. The molecule has 2 rings (SSSR count). The van der Waals surface area contributed by atoms with Crippen LogP contribution in [0.25, 0.3) is 0 Å². The van der Waals surface area contributed by atoms with Gasteiger partial charge in [-0.25, -0.2) is 4.79 Å². The maximum Gasteiger partial charge on any atom is 0.329 e. The van der Waals surface area contributed by atoms with Crippen LogP contribution in [0.1, 0.15) is 58.6 Å². The van der Waals surface area contributed by atoms with Crippen LogP contribution in [-0.2, 0) is 9.53 Å². The average molecular weight is 319 g/mol. The zero-order valence-electron chi connectivity index (χ0n) is 14.9. The number of nitrogens with zero attached hydrogens (tertiary/aromatic N) is 1. The Balaban J connectivity index is 2.13. The van der Waals surface area contributed by atoms with E-state index in [4.69, 9.17) is 4.74 Å².